The molecule has 2 aromatic rings. The van der Waals surface area contributed by atoms with E-state index < -0.39 is 0 Å². The van der Waals surface area contributed by atoms with Crippen LogP contribution in [0.25, 0.3) is 10.9 Å². The number of pyridine rings is 1. The van der Waals surface area contributed by atoms with Gasteiger partial charge in [0.25, 0.3) is 0 Å². The maximum atomic E-state index is 12.5. The Hall–Kier alpha value is -1.61. The summed E-state index contributed by atoms with van der Waals surface area (Å²) >= 11 is 5.93. The number of aromatic amines is 1. The van der Waals surface area contributed by atoms with Crippen molar-refractivity contribution in [2.24, 2.45) is 5.92 Å². The minimum atomic E-state index is -0.186. The highest BCUT2D eigenvalue weighted by Gasteiger charge is 2.29. The number of aryl methyl sites for hydroxylation is 1. The smallest absolute Gasteiger partial charge is 0.200 e. The number of benzene rings is 1. The van der Waals surface area contributed by atoms with Crippen LogP contribution < -0.4 is 5.43 Å². The van der Waals surface area contributed by atoms with Crippen molar-refractivity contribution in [1.82, 2.24) is 4.98 Å². The highest BCUT2D eigenvalue weighted by molar-refractivity contribution is 6.31. The molecule has 4 heteroatoms. The number of hydrogen-bond acceptors (Lipinski definition) is 2. The summed E-state index contributed by atoms with van der Waals surface area (Å²) < 4.78 is 0. The van der Waals surface area contributed by atoms with Crippen LogP contribution in [-0.2, 0) is 6.42 Å². The van der Waals surface area contributed by atoms with Gasteiger partial charge in [-0.2, -0.15) is 0 Å². The molecule has 0 bridgehead atoms. The average molecular weight is 276 g/mol. The molecule has 19 heavy (non-hydrogen) atoms. The molecule has 3 nitrogen and oxygen atoms in total. The Balaban J connectivity index is 2.32. The molecule has 1 aliphatic carbocycles. The van der Waals surface area contributed by atoms with Crippen LogP contribution in [0.1, 0.15) is 35.8 Å². The predicted molar refractivity (Wildman–Crippen MR) is 76.0 cm³/mol. The van der Waals surface area contributed by atoms with Crippen LogP contribution >= 0.6 is 11.6 Å². The molecule has 0 saturated carbocycles. The Morgan fingerprint density at radius 1 is 1.37 bits per heavy atom. The van der Waals surface area contributed by atoms with Crippen LogP contribution in [0.3, 0.4) is 0 Å². The van der Waals surface area contributed by atoms with E-state index in [1.165, 1.54) is 0 Å². The van der Waals surface area contributed by atoms with Gasteiger partial charge >= 0.3 is 0 Å². The summed E-state index contributed by atoms with van der Waals surface area (Å²) in [5.74, 6) is -0.0443. The summed E-state index contributed by atoms with van der Waals surface area (Å²) in [5, 5.41) is 1.00. The lowest BCUT2D eigenvalue weighted by Crippen LogP contribution is -2.30. The zero-order valence-corrected chi connectivity index (χ0v) is 11.4. The van der Waals surface area contributed by atoms with Gasteiger partial charge in [-0.25, -0.2) is 0 Å². The normalized spacial score (nSPS) is 18.6. The number of H-pyrrole nitrogens is 1. The second-order valence-corrected chi connectivity index (χ2v) is 5.44. The van der Waals surface area contributed by atoms with Crippen LogP contribution in [0, 0.1) is 5.92 Å². The lowest BCUT2D eigenvalue weighted by Gasteiger charge is -2.22. The van der Waals surface area contributed by atoms with E-state index in [2.05, 4.69) is 4.98 Å². The first kappa shape index (κ1) is 12.4. The van der Waals surface area contributed by atoms with Gasteiger partial charge in [-0.1, -0.05) is 18.5 Å². The van der Waals surface area contributed by atoms with Crippen molar-refractivity contribution in [1.29, 1.82) is 0 Å². The summed E-state index contributed by atoms with van der Waals surface area (Å²) in [7, 11) is 0. The minimum Gasteiger partial charge on any atom is -0.358 e. The lowest BCUT2D eigenvalue weighted by atomic mass is 9.83. The molecule has 1 aromatic carbocycles. The largest absolute Gasteiger partial charge is 0.358 e. The van der Waals surface area contributed by atoms with Crippen molar-refractivity contribution in [2.75, 3.05) is 0 Å². The van der Waals surface area contributed by atoms with E-state index in [9.17, 15) is 9.59 Å². The van der Waals surface area contributed by atoms with Crippen LogP contribution in [0.15, 0.2) is 23.0 Å². The number of hydrogen-bond donors (Lipinski definition) is 1. The van der Waals surface area contributed by atoms with Crippen molar-refractivity contribution in [3.8, 4) is 0 Å². The van der Waals surface area contributed by atoms with Gasteiger partial charge in [0.05, 0.1) is 5.56 Å². The molecular weight excluding hydrogens is 262 g/mol. The maximum absolute atomic E-state index is 12.5. The Kier molecular flexibility index (Phi) is 2.94. The van der Waals surface area contributed by atoms with Gasteiger partial charge in [0.2, 0.25) is 5.43 Å². The van der Waals surface area contributed by atoms with Gasteiger partial charge < -0.3 is 4.98 Å². The Morgan fingerprint density at radius 3 is 2.89 bits per heavy atom. The number of rotatable bonds is 1. The quantitative estimate of drug-likeness (QED) is 0.868. The van der Waals surface area contributed by atoms with E-state index in [4.69, 9.17) is 11.6 Å². The molecule has 0 radical (unpaired) electrons. The number of halogens is 1. The molecule has 1 aliphatic rings. The van der Waals surface area contributed by atoms with Crippen molar-refractivity contribution in [3.05, 3.63) is 44.7 Å². The number of carbonyl (C=O) groups excluding carboxylic acids is 1. The van der Waals surface area contributed by atoms with E-state index in [1.807, 2.05) is 6.92 Å². The van der Waals surface area contributed by atoms with Crippen LogP contribution in [-0.4, -0.2) is 10.8 Å². The number of nitrogens with one attached hydrogen (secondary N) is 1. The highest BCUT2D eigenvalue weighted by Crippen LogP contribution is 2.26. The Bertz CT molecular complexity index is 733. The van der Waals surface area contributed by atoms with E-state index in [1.54, 1.807) is 18.2 Å². The molecular formula is C15H14ClNO2. The van der Waals surface area contributed by atoms with Crippen LogP contribution in [0.5, 0.6) is 0 Å². The van der Waals surface area contributed by atoms with E-state index in [0.29, 0.717) is 16.0 Å². The summed E-state index contributed by atoms with van der Waals surface area (Å²) in [5.41, 5.74) is 1.67. The fourth-order valence-corrected chi connectivity index (χ4v) is 2.97. The van der Waals surface area contributed by atoms with Crippen molar-refractivity contribution in [2.45, 2.75) is 26.2 Å². The average Bonchev–Trinajstić information content (AvgIpc) is 2.40. The molecule has 1 heterocycles. The SMILES string of the molecule is CCC1CCc2[nH]c3ccc(Cl)cc3c(=O)c2C1=O. The molecule has 0 amide bonds. The lowest BCUT2D eigenvalue weighted by molar-refractivity contribution is 0.0896. The Morgan fingerprint density at radius 2 is 2.16 bits per heavy atom. The summed E-state index contributed by atoms with van der Waals surface area (Å²) in [4.78, 5) is 28.1. The third-order valence-electron chi connectivity index (χ3n) is 3.89. The maximum Gasteiger partial charge on any atom is 0.200 e. The number of Topliss-reactive ketones (excluding diaryl/α,β-unsaturated/α-hetero) is 1. The van der Waals surface area contributed by atoms with E-state index >= 15 is 0 Å². The molecule has 0 aliphatic heterocycles. The summed E-state index contributed by atoms with van der Waals surface area (Å²) in [6, 6.07) is 5.15. The zero-order chi connectivity index (χ0) is 13.6. The predicted octanol–water partition coefficient (Wildman–Crippen LogP) is 3.34. The molecule has 1 atom stereocenters. The number of ketones is 1. The molecule has 0 spiro atoms. The van der Waals surface area contributed by atoms with Crippen molar-refractivity contribution < 1.29 is 4.79 Å². The summed E-state index contributed by atoms with van der Waals surface area (Å²) in [6.45, 7) is 1.99. The van der Waals surface area contributed by atoms with Gasteiger partial charge in [0.1, 0.15) is 0 Å². The van der Waals surface area contributed by atoms with Crippen molar-refractivity contribution in [3.63, 3.8) is 0 Å². The fraction of sp³-hybridized carbons (Fsp3) is 0.333. The first-order valence-corrected chi connectivity index (χ1v) is 6.88. The second-order valence-electron chi connectivity index (χ2n) is 5.01. The Labute approximate surface area is 115 Å². The fourth-order valence-electron chi connectivity index (χ4n) is 2.80. The third kappa shape index (κ3) is 1.89. The second kappa shape index (κ2) is 4.49. The molecule has 0 fully saturated rings. The molecule has 3 rings (SSSR count). The number of fused-ring (bicyclic) bond motifs is 2. The van der Waals surface area contributed by atoms with Gasteiger partial charge in [-0.05, 0) is 37.5 Å². The van der Waals surface area contributed by atoms with Gasteiger partial charge in [0, 0.05) is 27.5 Å². The number of aromatic nitrogens is 1. The zero-order valence-electron chi connectivity index (χ0n) is 10.6. The van der Waals surface area contributed by atoms with Crippen LogP contribution in [0.4, 0.5) is 0 Å². The minimum absolute atomic E-state index is 0.0214. The van der Waals surface area contributed by atoms with E-state index in [0.717, 1.165) is 30.5 Å². The monoisotopic (exact) mass is 275 g/mol. The van der Waals surface area contributed by atoms with Crippen LogP contribution in [0.2, 0.25) is 5.02 Å². The van der Waals surface area contributed by atoms with Gasteiger partial charge in [-0.3, -0.25) is 9.59 Å². The first-order valence-electron chi connectivity index (χ1n) is 6.50. The molecule has 1 aromatic heterocycles. The highest BCUT2D eigenvalue weighted by atomic mass is 35.5. The molecule has 1 unspecified atom stereocenters. The standard InChI is InChI=1S/C15H14ClNO2/c1-2-8-3-5-12-13(14(8)18)15(19)10-7-9(16)4-6-11(10)17-12/h4,6-8H,2-3,5H2,1H3,(H,17,19). The molecule has 0 saturated heterocycles. The van der Waals surface area contributed by atoms with Gasteiger partial charge in [-0.15, -0.1) is 0 Å². The first-order chi connectivity index (χ1) is 9.11. The molecule has 1 N–H and O–H groups in total. The van der Waals surface area contributed by atoms with Gasteiger partial charge in [0.15, 0.2) is 5.78 Å². The van der Waals surface area contributed by atoms with Crippen molar-refractivity contribution >= 4 is 28.3 Å². The van der Waals surface area contributed by atoms with E-state index in [-0.39, 0.29) is 17.1 Å². The number of carbonyl (C=O) groups is 1. The topological polar surface area (TPSA) is 49.9 Å². The molecule has 98 valence electrons. The third-order valence-corrected chi connectivity index (χ3v) is 4.13. The summed E-state index contributed by atoms with van der Waals surface area (Å²) in [6.07, 6.45) is 2.36.